The molecule has 2 unspecified atom stereocenters. The molecule has 1 aliphatic heterocycles. The summed E-state index contributed by atoms with van der Waals surface area (Å²) >= 11 is 0. The Bertz CT molecular complexity index is 385. The lowest BCUT2D eigenvalue weighted by Crippen LogP contribution is -2.56. The molecule has 1 aromatic rings. The van der Waals surface area contributed by atoms with Gasteiger partial charge in [-0.1, -0.05) is 20.8 Å². The van der Waals surface area contributed by atoms with Crippen molar-refractivity contribution in [2.45, 2.75) is 52.1 Å². The average Bonchev–Trinajstić information content (AvgIpc) is 2.79. The quantitative estimate of drug-likeness (QED) is 0.886. The summed E-state index contributed by atoms with van der Waals surface area (Å²) in [5, 5.41) is 8.22. The highest BCUT2D eigenvalue weighted by atomic mass is 15.3. The third-order valence-corrected chi connectivity index (χ3v) is 3.99. The Morgan fingerprint density at radius 3 is 2.72 bits per heavy atom. The Kier molecular flexibility index (Phi) is 4.27. The fourth-order valence-electron chi connectivity index (χ4n) is 2.81. The Balaban J connectivity index is 2.26. The number of rotatable bonds is 4. The lowest BCUT2D eigenvalue weighted by Gasteiger charge is -2.41. The van der Waals surface area contributed by atoms with Crippen LogP contribution in [0.15, 0.2) is 6.20 Å². The lowest BCUT2D eigenvalue weighted by molar-refractivity contribution is 0.378. The molecule has 0 aliphatic carbocycles. The van der Waals surface area contributed by atoms with Crippen molar-refractivity contribution in [2.75, 3.05) is 18.0 Å². The number of piperazine rings is 1. The number of nitrogens with one attached hydrogen (secondary N) is 1. The number of aryl methyl sites for hydroxylation is 2. The van der Waals surface area contributed by atoms with E-state index < -0.39 is 0 Å². The first kappa shape index (κ1) is 13.4. The standard InChI is InChI=1S/C14H26N4/c1-5-11-9-18(12(6-2)8-15-11)14-10-17(4)16-13(14)7-3/h10-12,15H,5-9H2,1-4H3. The Hall–Kier alpha value is -1.03. The van der Waals surface area contributed by atoms with E-state index in [1.54, 1.807) is 0 Å². The molecule has 2 heterocycles. The zero-order chi connectivity index (χ0) is 13.1. The summed E-state index contributed by atoms with van der Waals surface area (Å²) in [6.45, 7) is 8.91. The van der Waals surface area contributed by atoms with Crippen LogP contribution in [0.1, 0.15) is 39.3 Å². The molecule has 1 aromatic heterocycles. The summed E-state index contributed by atoms with van der Waals surface area (Å²) in [5.74, 6) is 0. The fraction of sp³-hybridized carbons (Fsp3) is 0.786. The van der Waals surface area contributed by atoms with Crippen molar-refractivity contribution < 1.29 is 0 Å². The zero-order valence-electron chi connectivity index (χ0n) is 12.1. The van der Waals surface area contributed by atoms with E-state index >= 15 is 0 Å². The monoisotopic (exact) mass is 250 g/mol. The second-order valence-electron chi connectivity index (χ2n) is 5.22. The van der Waals surface area contributed by atoms with E-state index in [2.05, 4.69) is 42.3 Å². The molecule has 1 saturated heterocycles. The highest BCUT2D eigenvalue weighted by Gasteiger charge is 2.28. The molecule has 1 aliphatic rings. The molecule has 0 radical (unpaired) electrons. The van der Waals surface area contributed by atoms with Gasteiger partial charge in [0.1, 0.15) is 0 Å². The molecule has 2 rings (SSSR count). The maximum Gasteiger partial charge on any atom is 0.0855 e. The van der Waals surface area contributed by atoms with Gasteiger partial charge in [-0.05, 0) is 19.3 Å². The van der Waals surface area contributed by atoms with E-state index in [4.69, 9.17) is 0 Å². The van der Waals surface area contributed by atoms with Crippen LogP contribution in [0.3, 0.4) is 0 Å². The van der Waals surface area contributed by atoms with Gasteiger partial charge < -0.3 is 10.2 Å². The number of nitrogens with zero attached hydrogens (tertiary/aromatic N) is 3. The summed E-state index contributed by atoms with van der Waals surface area (Å²) in [6.07, 6.45) is 5.56. The van der Waals surface area contributed by atoms with Crippen molar-refractivity contribution in [1.29, 1.82) is 0 Å². The van der Waals surface area contributed by atoms with E-state index in [9.17, 15) is 0 Å². The van der Waals surface area contributed by atoms with Crippen LogP contribution in [-0.4, -0.2) is 35.0 Å². The Morgan fingerprint density at radius 1 is 1.33 bits per heavy atom. The molecule has 1 fully saturated rings. The molecule has 1 N–H and O–H groups in total. The lowest BCUT2D eigenvalue weighted by atomic mass is 10.0. The molecule has 0 bridgehead atoms. The largest absolute Gasteiger partial charge is 0.363 e. The number of hydrogen-bond acceptors (Lipinski definition) is 3. The van der Waals surface area contributed by atoms with Crippen molar-refractivity contribution in [2.24, 2.45) is 7.05 Å². The van der Waals surface area contributed by atoms with E-state index in [1.165, 1.54) is 24.2 Å². The molecular weight excluding hydrogens is 224 g/mol. The first-order chi connectivity index (χ1) is 8.69. The number of aromatic nitrogens is 2. The second-order valence-corrected chi connectivity index (χ2v) is 5.22. The maximum atomic E-state index is 4.58. The molecule has 0 spiro atoms. The van der Waals surface area contributed by atoms with Gasteiger partial charge in [-0.2, -0.15) is 5.10 Å². The van der Waals surface area contributed by atoms with Crippen LogP contribution in [0.4, 0.5) is 5.69 Å². The summed E-state index contributed by atoms with van der Waals surface area (Å²) in [7, 11) is 2.02. The Morgan fingerprint density at radius 2 is 2.11 bits per heavy atom. The SMILES string of the molecule is CCc1nn(C)cc1N1CC(CC)NCC1CC. The van der Waals surface area contributed by atoms with E-state index in [0.29, 0.717) is 12.1 Å². The molecule has 0 aromatic carbocycles. The van der Waals surface area contributed by atoms with Gasteiger partial charge in [0.05, 0.1) is 11.4 Å². The van der Waals surface area contributed by atoms with Gasteiger partial charge in [0.15, 0.2) is 0 Å². The van der Waals surface area contributed by atoms with Gasteiger partial charge in [-0.3, -0.25) is 4.68 Å². The molecule has 18 heavy (non-hydrogen) atoms. The van der Waals surface area contributed by atoms with Crippen LogP contribution >= 0.6 is 0 Å². The minimum absolute atomic E-state index is 0.599. The smallest absolute Gasteiger partial charge is 0.0855 e. The molecule has 0 amide bonds. The second kappa shape index (κ2) is 5.74. The van der Waals surface area contributed by atoms with Crippen molar-refractivity contribution in [3.63, 3.8) is 0 Å². The normalized spacial score (nSPS) is 24.6. The minimum atomic E-state index is 0.599. The maximum absolute atomic E-state index is 4.58. The molecule has 2 atom stereocenters. The van der Waals surface area contributed by atoms with Gasteiger partial charge >= 0.3 is 0 Å². The summed E-state index contributed by atoms with van der Waals surface area (Å²) in [6, 6.07) is 1.21. The predicted molar refractivity (Wildman–Crippen MR) is 76.1 cm³/mol. The van der Waals surface area contributed by atoms with Crippen LogP contribution in [0, 0.1) is 0 Å². The average molecular weight is 250 g/mol. The predicted octanol–water partition coefficient (Wildman–Crippen LogP) is 1.95. The third-order valence-electron chi connectivity index (χ3n) is 3.99. The van der Waals surface area contributed by atoms with Crippen molar-refractivity contribution in [1.82, 2.24) is 15.1 Å². The van der Waals surface area contributed by atoms with Gasteiger partial charge in [0.25, 0.3) is 0 Å². The van der Waals surface area contributed by atoms with Gasteiger partial charge in [-0.25, -0.2) is 0 Å². The highest BCUT2D eigenvalue weighted by Crippen LogP contribution is 2.25. The van der Waals surface area contributed by atoms with Gasteiger partial charge in [0.2, 0.25) is 0 Å². The van der Waals surface area contributed by atoms with E-state index in [0.717, 1.165) is 19.5 Å². The van der Waals surface area contributed by atoms with Crippen LogP contribution < -0.4 is 10.2 Å². The summed E-state index contributed by atoms with van der Waals surface area (Å²) < 4.78 is 1.95. The van der Waals surface area contributed by atoms with Gasteiger partial charge in [0, 0.05) is 38.4 Å². The molecular formula is C14H26N4. The van der Waals surface area contributed by atoms with Gasteiger partial charge in [-0.15, -0.1) is 0 Å². The van der Waals surface area contributed by atoms with E-state index in [1.807, 2.05) is 11.7 Å². The third kappa shape index (κ3) is 2.53. The summed E-state index contributed by atoms with van der Waals surface area (Å²) in [4.78, 5) is 2.57. The van der Waals surface area contributed by atoms with Crippen LogP contribution in [0.25, 0.3) is 0 Å². The topological polar surface area (TPSA) is 33.1 Å². The van der Waals surface area contributed by atoms with Crippen LogP contribution in [0.2, 0.25) is 0 Å². The molecule has 4 heteroatoms. The molecule has 0 saturated carbocycles. The number of hydrogen-bond donors (Lipinski definition) is 1. The molecule has 4 nitrogen and oxygen atoms in total. The first-order valence-corrected chi connectivity index (χ1v) is 7.22. The first-order valence-electron chi connectivity index (χ1n) is 7.22. The highest BCUT2D eigenvalue weighted by molar-refractivity contribution is 5.51. The molecule has 102 valence electrons. The number of anilines is 1. The van der Waals surface area contributed by atoms with Crippen molar-refractivity contribution >= 4 is 5.69 Å². The van der Waals surface area contributed by atoms with E-state index in [-0.39, 0.29) is 0 Å². The van der Waals surface area contributed by atoms with Crippen molar-refractivity contribution in [3.05, 3.63) is 11.9 Å². The minimum Gasteiger partial charge on any atom is -0.363 e. The fourth-order valence-corrected chi connectivity index (χ4v) is 2.81. The van der Waals surface area contributed by atoms with Crippen LogP contribution in [0.5, 0.6) is 0 Å². The summed E-state index contributed by atoms with van der Waals surface area (Å²) in [5.41, 5.74) is 2.57. The zero-order valence-corrected chi connectivity index (χ0v) is 12.1. The Labute approximate surface area is 110 Å². The van der Waals surface area contributed by atoms with Crippen LogP contribution in [-0.2, 0) is 13.5 Å². The van der Waals surface area contributed by atoms with Crippen molar-refractivity contribution in [3.8, 4) is 0 Å².